The molecule has 1 saturated carbocycles. The van der Waals surface area contributed by atoms with E-state index in [1.165, 1.54) is 12.8 Å². The highest BCUT2D eigenvalue weighted by atomic mass is 32.2. The van der Waals surface area contributed by atoms with Crippen molar-refractivity contribution in [3.63, 3.8) is 0 Å². The number of amides is 1. The second kappa shape index (κ2) is 6.64. The molecule has 0 aromatic heterocycles. The Bertz CT molecular complexity index is 447. The predicted molar refractivity (Wildman–Crippen MR) is 85.8 cm³/mol. The number of rotatable bonds is 6. The third kappa shape index (κ3) is 5.97. The minimum absolute atomic E-state index is 0.0837. The van der Waals surface area contributed by atoms with Crippen LogP contribution < -0.4 is 10.0 Å². The van der Waals surface area contributed by atoms with Crippen molar-refractivity contribution in [2.75, 3.05) is 5.32 Å². The van der Waals surface area contributed by atoms with Crippen LogP contribution in [0.15, 0.2) is 29.2 Å². The molecule has 0 bridgehead atoms. The number of hydrogen-bond donors (Lipinski definition) is 2. The van der Waals surface area contributed by atoms with Gasteiger partial charge >= 0.3 is 0 Å². The van der Waals surface area contributed by atoms with Crippen molar-refractivity contribution in [1.82, 2.24) is 4.72 Å². The molecule has 0 saturated heterocycles. The Hall–Kier alpha value is -1.00. The molecule has 0 radical (unpaired) electrons. The third-order valence-corrected chi connectivity index (χ3v) is 4.31. The molecular weight excluding hydrogens is 268 g/mol. The highest BCUT2D eigenvalue weighted by Crippen LogP contribution is 2.33. The summed E-state index contributed by atoms with van der Waals surface area (Å²) in [5.74, 6) is 0.938. The lowest BCUT2D eigenvalue weighted by molar-refractivity contribution is -0.116. The Balaban J connectivity index is 1.76. The molecule has 1 fully saturated rings. The third-order valence-electron chi connectivity index (χ3n) is 3.09. The summed E-state index contributed by atoms with van der Waals surface area (Å²) in [6.07, 6.45) is 4.29. The summed E-state index contributed by atoms with van der Waals surface area (Å²) < 4.78 is 3.37. The minimum Gasteiger partial charge on any atom is -0.326 e. The van der Waals surface area contributed by atoms with Crippen LogP contribution in [-0.4, -0.2) is 11.4 Å². The topological polar surface area (TPSA) is 41.1 Å². The SMILES string of the molecule is CC(C)(C)NSc1ccc(NC(=O)CCC2CC2)cc1. The van der Waals surface area contributed by atoms with E-state index >= 15 is 0 Å². The molecule has 4 heteroatoms. The van der Waals surface area contributed by atoms with E-state index in [0.717, 1.165) is 22.9 Å². The molecule has 1 aliphatic rings. The van der Waals surface area contributed by atoms with Gasteiger partial charge in [0, 0.05) is 22.5 Å². The van der Waals surface area contributed by atoms with Crippen molar-refractivity contribution < 1.29 is 4.79 Å². The van der Waals surface area contributed by atoms with E-state index in [0.29, 0.717) is 6.42 Å². The minimum atomic E-state index is 0.0837. The summed E-state index contributed by atoms with van der Waals surface area (Å²) in [5, 5.41) is 2.96. The first-order valence-corrected chi connectivity index (χ1v) is 8.08. The van der Waals surface area contributed by atoms with Crippen LogP contribution in [0.5, 0.6) is 0 Å². The van der Waals surface area contributed by atoms with Crippen LogP contribution >= 0.6 is 11.9 Å². The monoisotopic (exact) mass is 292 g/mol. The lowest BCUT2D eigenvalue weighted by atomic mass is 10.1. The van der Waals surface area contributed by atoms with Crippen molar-refractivity contribution in [2.24, 2.45) is 5.92 Å². The van der Waals surface area contributed by atoms with E-state index < -0.39 is 0 Å². The molecule has 0 spiro atoms. The Kier molecular flexibility index (Phi) is 5.11. The fourth-order valence-electron chi connectivity index (χ4n) is 1.78. The molecule has 2 N–H and O–H groups in total. The summed E-state index contributed by atoms with van der Waals surface area (Å²) in [6, 6.07) is 7.98. The molecule has 0 aliphatic heterocycles. The molecule has 2 rings (SSSR count). The number of nitrogens with one attached hydrogen (secondary N) is 2. The summed E-state index contributed by atoms with van der Waals surface area (Å²) in [4.78, 5) is 12.9. The van der Waals surface area contributed by atoms with Gasteiger partial charge in [0.25, 0.3) is 0 Å². The van der Waals surface area contributed by atoms with E-state index in [-0.39, 0.29) is 11.4 Å². The van der Waals surface area contributed by atoms with Gasteiger partial charge in [0.1, 0.15) is 0 Å². The molecule has 20 heavy (non-hydrogen) atoms. The molecule has 1 aliphatic carbocycles. The Labute approximate surface area is 126 Å². The zero-order valence-corrected chi connectivity index (χ0v) is 13.3. The molecule has 0 heterocycles. The number of benzene rings is 1. The molecular formula is C16H24N2OS. The smallest absolute Gasteiger partial charge is 0.224 e. The maximum Gasteiger partial charge on any atom is 0.224 e. The van der Waals surface area contributed by atoms with Crippen LogP contribution in [0.3, 0.4) is 0 Å². The highest BCUT2D eigenvalue weighted by molar-refractivity contribution is 7.97. The zero-order chi connectivity index (χ0) is 14.6. The van der Waals surface area contributed by atoms with Crippen molar-refractivity contribution in [3.8, 4) is 0 Å². The van der Waals surface area contributed by atoms with E-state index in [2.05, 4.69) is 30.8 Å². The maximum absolute atomic E-state index is 11.8. The van der Waals surface area contributed by atoms with E-state index in [9.17, 15) is 4.79 Å². The summed E-state index contributed by atoms with van der Waals surface area (Å²) in [7, 11) is 0. The van der Waals surface area contributed by atoms with Crippen molar-refractivity contribution >= 4 is 23.5 Å². The average molecular weight is 292 g/mol. The molecule has 0 atom stereocenters. The van der Waals surface area contributed by atoms with Gasteiger partial charge in [-0.3, -0.25) is 9.52 Å². The first-order valence-electron chi connectivity index (χ1n) is 7.26. The first-order chi connectivity index (χ1) is 9.42. The van der Waals surface area contributed by atoms with Gasteiger partial charge in [0.05, 0.1) is 0 Å². The summed E-state index contributed by atoms with van der Waals surface area (Å²) in [6.45, 7) is 6.40. The molecule has 0 unspecified atom stereocenters. The number of hydrogen-bond acceptors (Lipinski definition) is 3. The molecule has 3 nitrogen and oxygen atoms in total. The van der Waals surface area contributed by atoms with Gasteiger partial charge in [-0.2, -0.15) is 0 Å². The summed E-state index contributed by atoms with van der Waals surface area (Å²) in [5.41, 5.74) is 0.964. The summed E-state index contributed by atoms with van der Waals surface area (Å²) >= 11 is 1.61. The van der Waals surface area contributed by atoms with Gasteiger partial charge in [-0.25, -0.2) is 0 Å². The van der Waals surface area contributed by atoms with Crippen LogP contribution in [0, 0.1) is 5.92 Å². The van der Waals surface area contributed by atoms with E-state index in [1.54, 1.807) is 11.9 Å². The quantitative estimate of drug-likeness (QED) is 0.772. The second-order valence-electron chi connectivity index (χ2n) is 6.51. The van der Waals surface area contributed by atoms with Crippen LogP contribution in [0.1, 0.15) is 46.5 Å². The maximum atomic E-state index is 11.8. The van der Waals surface area contributed by atoms with Gasteiger partial charge in [-0.15, -0.1) is 0 Å². The molecule has 1 aromatic carbocycles. The number of carbonyl (C=O) groups excluding carboxylic acids is 1. The standard InChI is InChI=1S/C16H24N2OS/c1-16(2,3)18-20-14-9-7-13(8-10-14)17-15(19)11-6-12-4-5-12/h7-10,12,18H,4-6,11H2,1-3H3,(H,17,19). The normalized spacial score (nSPS) is 15.2. The Morgan fingerprint density at radius 1 is 1.25 bits per heavy atom. The van der Waals surface area contributed by atoms with E-state index in [1.807, 2.05) is 24.3 Å². The van der Waals surface area contributed by atoms with Crippen LogP contribution in [0.2, 0.25) is 0 Å². The van der Waals surface area contributed by atoms with Gasteiger partial charge in [-0.05, 0) is 69.3 Å². The van der Waals surface area contributed by atoms with Crippen molar-refractivity contribution in [1.29, 1.82) is 0 Å². The van der Waals surface area contributed by atoms with Crippen LogP contribution in [0.4, 0.5) is 5.69 Å². The fraction of sp³-hybridized carbons (Fsp3) is 0.562. The molecule has 1 amide bonds. The van der Waals surface area contributed by atoms with Crippen LogP contribution in [-0.2, 0) is 4.79 Å². The van der Waals surface area contributed by atoms with Gasteiger partial charge < -0.3 is 5.32 Å². The Morgan fingerprint density at radius 3 is 2.45 bits per heavy atom. The second-order valence-corrected chi connectivity index (χ2v) is 7.39. The van der Waals surface area contributed by atoms with Crippen molar-refractivity contribution in [2.45, 2.75) is 56.9 Å². The number of anilines is 1. The van der Waals surface area contributed by atoms with Gasteiger partial charge in [0.2, 0.25) is 5.91 Å². The number of carbonyl (C=O) groups is 1. The van der Waals surface area contributed by atoms with Crippen molar-refractivity contribution in [3.05, 3.63) is 24.3 Å². The van der Waals surface area contributed by atoms with Crippen LogP contribution in [0.25, 0.3) is 0 Å². The first kappa shape index (κ1) is 15.4. The van der Waals surface area contributed by atoms with E-state index in [4.69, 9.17) is 0 Å². The zero-order valence-electron chi connectivity index (χ0n) is 12.5. The highest BCUT2D eigenvalue weighted by Gasteiger charge is 2.21. The fourth-order valence-corrected chi connectivity index (χ4v) is 2.48. The van der Waals surface area contributed by atoms with Gasteiger partial charge in [-0.1, -0.05) is 12.8 Å². The largest absolute Gasteiger partial charge is 0.326 e. The predicted octanol–water partition coefficient (Wildman–Crippen LogP) is 4.21. The lowest BCUT2D eigenvalue weighted by Crippen LogP contribution is -2.29. The van der Waals surface area contributed by atoms with Gasteiger partial charge in [0.15, 0.2) is 0 Å². The lowest BCUT2D eigenvalue weighted by Gasteiger charge is -2.19. The Morgan fingerprint density at radius 2 is 1.90 bits per heavy atom. The average Bonchev–Trinajstić information content (AvgIpc) is 3.19. The molecule has 110 valence electrons. The molecule has 1 aromatic rings.